The van der Waals surface area contributed by atoms with Crippen LogP contribution in [0.1, 0.15) is 12.0 Å². The quantitative estimate of drug-likeness (QED) is 0.703. The molecule has 5 nitrogen and oxygen atoms in total. The molecule has 8 heteroatoms. The number of nitrogens with one attached hydrogen (secondary N) is 2. The third-order valence-electron chi connectivity index (χ3n) is 3.64. The van der Waals surface area contributed by atoms with Crippen LogP contribution in [0, 0.1) is 17.5 Å². The Balaban J connectivity index is 1.82. The van der Waals surface area contributed by atoms with E-state index >= 15 is 0 Å². The van der Waals surface area contributed by atoms with Crippen LogP contribution in [0.4, 0.5) is 18.9 Å². The molecule has 0 saturated heterocycles. The van der Waals surface area contributed by atoms with Gasteiger partial charge in [-0.15, -0.1) is 0 Å². The van der Waals surface area contributed by atoms with E-state index in [2.05, 4.69) is 10.6 Å². The maximum absolute atomic E-state index is 13.5. The minimum absolute atomic E-state index is 0.0335. The third kappa shape index (κ3) is 4.81. The first-order valence-corrected chi connectivity index (χ1v) is 7.81. The molecule has 2 N–H and O–H groups in total. The summed E-state index contributed by atoms with van der Waals surface area (Å²) in [5.41, 5.74) is 0.618. The van der Waals surface area contributed by atoms with Crippen molar-refractivity contribution in [2.75, 3.05) is 26.1 Å². The van der Waals surface area contributed by atoms with Crippen LogP contribution in [-0.4, -0.2) is 26.7 Å². The predicted molar refractivity (Wildman–Crippen MR) is 90.8 cm³/mol. The molecular weight excluding hydrogens is 349 g/mol. The Morgan fingerprint density at radius 1 is 1.00 bits per heavy atom. The Morgan fingerprint density at radius 3 is 2.42 bits per heavy atom. The lowest BCUT2D eigenvalue weighted by Crippen LogP contribution is -2.25. The molecule has 0 bridgehead atoms. The fourth-order valence-electron chi connectivity index (χ4n) is 2.25. The maximum atomic E-state index is 13.5. The molecule has 0 aliphatic rings. The molecule has 0 aromatic heterocycles. The van der Waals surface area contributed by atoms with Crippen LogP contribution < -0.4 is 20.1 Å². The molecule has 0 saturated carbocycles. The second kappa shape index (κ2) is 8.98. The zero-order chi connectivity index (χ0) is 19.1. The second-order valence-electron chi connectivity index (χ2n) is 5.37. The van der Waals surface area contributed by atoms with Gasteiger partial charge < -0.3 is 20.1 Å². The van der Waals surface area contributed by atoms with Crippen molar-refractivity contribution in [3.05, 3.63) is 53.3 Å². The van der Waals surface area contributed by atoms with Gasteiger partial charge in [0, 0.05) is 19.5 Å². The van der Waals surface area contributed by atoms with E-state index in [0.717, 1.165) is 17.7 Å². The molecule has 2 rings (SSSR count). The van der Waals surface area contributed by atoms with Crippen LogP contribution in [0.5, 0.6) is 11.5 Å². The second-order valence-corrected chi connectivity index (χ2v) is 5.37. The number of ether oxygens (including phenoxy) is 2. The summed E-state index contributed by atoms with van der Waals surface area (Å²) in [5.74, 6) is -3.27. The smallest absolute Gasteiger partial charge is 0.222 e. The lowest BCUT2D eigenvalue weighted by atomic mass is 10.2. The van der Waals surface area contributed by atoms with Crippen LogP contribution in [0.25, 0.3) is 0 Å². The number of benzene rings is 2. The minimum Gasteiger partial charge on any atom is -0.493 e. The number of rotatable bonds is 8. The predicted octanol–water partition coefficient (Wildman–Crippen LogP) is 3.24. The number of carbonyl (C=O) groups is 1. The number of amides is 1. The molecule has 0 aliphatic carbocycles. The Bertz CT molecular complexity index is 785. The summed E-state index contributed by atoms with van der Waals surface area (Å²) in [7, 11) is 3.05. The van der Waals surface area contributed by atoms with Gasteiger partial charge in [0.15, 0.2) is 29.0 Å². The van der Waals surface area contributed by atoms with Gasteiger partial charge in [-0.05, 0) is 29.8 Å². The van der Waals surface area contributed by atoms with E-state index in [1.165, 1.54) is 14.2 Å². The van der Waals surface area contributed by atoms with E-state index in [0.29, 0.717) is 11.5 Å². The largest absolute Gasteiger partial charge is 0.493 e. The molecular formula is C18H19F3N2O3. The number of carbonyl (C=O) groups excluding carboxylic acids is 1. The lowest BCUT2D eigenvalue weighted by molar-refractivity contribution is -0.121. The van der Waals surface area contributed by atoms with Gasteiger partial charge in [-0.2, -0.15) is 0 Å². The summed E-state index contributed by atoms with van der Waals surface area (Å²) in [5, 5.41) is 5.27. The van der Waals surface area contributed by atoms with E-state index in [1.54, 1.807) is 18.2 Å². The average Bonchev–Trinajstić information content (AvgIpc) is 2.66. The summed E-state index contributed by atoms with van der Waals surface area (Å²) in [4.78, 5) is 11.9. The van der Waals surface area contributed by atoms with E-state index in [1.807, 2.05) is 0 Å². The fraction of sp³-hybridized carbons (Fsp3) is 0.278. The SMILES string of the molecule is COc1ccc(CNC(=O)CCNc2ccc(F)c(F)c2F)cc1OC. The van der Waals surface area contributed by atoms with Gasteiger partial charge in [0.25, 0.3) is 0 Å². The topological polar surface area (TPSA) is 59.6 Å². The van der Waals surface area contributed by atoms with Gasteiger partial charge >= 0.3 is 0 Å². The Labute approximate surface area is 149 Å². The molecule has 0 spiro atoms. The highest BCUT2D eigenvalue weighted by Gasteiger charge is 2.13. The zero-order valence-electron chi connectivity index (χ0n) is 14.4. The standard InChI is InChI=1S/C18H19F3N2O3/c1-25-14-6-3-11(9-15(14)26-2)10-23-16(24)7-8-22-13-5-4-12(19)17(20)18(13)21/h3-6,9,22H,7-8,10H2,1-2H3,(H,23,24). The Morgan fingerprint density at radius 2 is 1.73 bits per heavy atom. The van der Waals surface area contributed by atoms with Crippen molar-refractivity contribution < 1.29 is 27.4 Å². The minimum atomic E-state index is -1.55. The van der Waals surface area contributed by atoms with E-state index in [9.17, 15) is 18.0 Å². The van der Waals surface area contributed by atoms with Crippen LogP contribution in [0.3, 0.4) is 0 Å². The highest BCUT2D eigenvalue weighted by atomic mass is 19.2. The fourth-order valence-corrected chi connectivity index (χ4v) is 2.25. The van der Waals surface area contributed by atoms with Crippen LogP contribution in [0.15, 0.2) is 30.3 Å². The average molecular weight is 368 g/mol. The number of anilines is 1. The summed E-state index contributed by atoms with van der Waals surface area (Å²) < 4.78 is 49.8. The molecule has 0 unspecified atom stereocenters. The van der Waals surface area contributed by atoms with E-state index in [-0.39, 0.29) is 31.1 Å². The van der Waals surface area contributed by atoms with Crippen molar-refractivity contribution >= 4 is 11.6 Å². The summed E-state index contributed by atoms with van der Waals surface area (Å²) in [6, 6.07) is 7.16. The number of hydrogen-bond donors (Lipinski definition) is 2. The summed E-state index contributed by atoms with van der Waals surface area (Å²) in [6.45, 7) is 0.346. The van der Waals surface area contributed by atoms with Gasteiger partial charge in [-0.1, -0.05) is 6.07 Å². The highest BCUT2D eigenvalue weighted by molar-refractivity contribution is 5.76. The third-order valence-corrected chi connectivity index (χ3v) is 3.64. The summed E-state index contributed by atoms with van der Waals surface area (Å²) in [6.07, 6.45) is 0.0335. The first-order chi connectivity index (χ1) is 12.5. The molecule has 0 fully saturated rings. The molecule has 2 aromatic carbocycles. The number of halogens is 3. The molecule has 1 amide bonds. The zero-order valence-corrected chi connectivity index (χ0v) is 14.4. The van der Waals surface area contributed by atoms with Crippen molar-refractivity contribution in [3.8, 4) is 11.5 Å². The Hall–Kier alpha value is -2.90. The van der Waals surface area contributed by atoms with Crippen molar-refractivity contribution in [1.82, 2.24) is 5.32 Å². The molecule has 0 radical (unpaired) electrons. The van der Waals surface area contributed by atoms with Crippen LogP contribution in [0.2, 0.25) is 0 Å². The first kappa shape index (κ1) is 19.4. The lowest BCUT2D eigenvalue weighted by Gasteiger charge is -2.11. The van der Waals surface area contributed by atoms with Crippen molar-refractivity contribution in [2.45, 2.75) is 13.0 Å². The van der Waals surface area contributed by atoms with Gasteiger partial charge in [-0.25, -0.2) is 13.2 Å². The number of methoxy groups -OCH3 is 2. The Kier molecular flexibility index (Phi) is 6.71. The molecule has 0 aliphatic heterocycles. The first-order valence-electron chi connectivity index (χ1n) is 7.81. The van der Waals surface area contributed by atoms with Gasteiger partial charge in [0.2, 0.25) is 5.91 Å². The van der Waals surface area contributed by atoms with E-state index in [4.69, 9.17) is 9.47 Å². The maximum Gasteiger partial charge on any atom is 0.222 e. The molecule has 2 aromatic rings. The van der Waals surface area contributed by atoms with E-state index < -0.39 is 17.5 Å². The van der Waals surface area contributed by atoms with Crippen LogP contribution in [-0.2, 0) is 11.3 Å². The molecule has 0 heterocycles. The monoisotopic (exact) mass is 368 g/mol. The molecule has 0 atom stereocenters. The van der Waals surface area contributed by atoms with Crippen LogP contribution >= 0.6 is 0 Å². The van der Waals surface area contributed by atoms with Crippen molar-refractivity contribution in [1.29, 1.82) is 0 Å². The highest BCUT2D eigenvalue weighted by Crippen LogP contribution is 2.27. The van der Waals surface area contributed by atoms with Crippen molar-refractivity contribution in [2.24, 2.45) is 0 Å². The van der Waals surface area contributed by atoms with Crippen molar-refractivity contribution in [3.63, 3.8) is 0 Å². The number of hydrogen-bond acceptors (Lipinski definition) is 4. The van der Waals surface area contributed by atoms with Gasteiger partial charge in [0.05, 0.1) is 19.9 Å². The summed E-state index contributed by atoms with van der Waals surface area (Å²) >= 11 is 0. The normalized spacial score (nSPS) is 10.3. The van der Waals surface area contributed by atoms with Gasteiger partial charge in [0.1, 0.15) is 0 Å². The van der Waals surface area contributed by atoms with Gasteiger partial charge in [-0.3, -0.25) is 4.79 Å². The molecule has 26 heavy (non-hydrogen) atoms. The molecule has 140 valence electrons.